The van der Waals surface area contributed by atoms with Crippen LogP contribution in [0.5, 0.6) is 0 Å². The van der Waals surface area contributed by atoms with Gasteiger partial charge in [0.25, 0.3) is 11.8 Å². The minimum Gasteiger partial charge on any atom is -0.299 e. The van der Waals surface area contributed by atoms with Gasteiger partial charge in [0.15, 0.2) is 0 Å². The molecule has 0 radical (unpaired) electrons. The van der Waals surface area contributed by atoms with Crippen molar-refractivity contribution in [2.24, 2.45) is 0 Å². The molecule has 1 unspecified atom stereocenters. The molecule has 1 aromatic rings. The number of hydrogen-bond donors (Lipinski definition) is 1. The summed E-state index contributed by atoms with van der Waals surface area (Å²) in [5.74, 6) is -2.15. The Morgan fingerprint density at radius 3 is 2.67 bits per heavy atom. The summed E-state index contributed by atoms with van der Waals surface area (Å²) < 4.78 is 13.2. The molecule has 0 saturated carbocycles. The number of carbonyl (C=O) groups is 4. The van der Waals surface area contributed by atoms with E-state index in [9.17, 15) is 23.6 Å². The molecule has 0 spiro atoms. The number of hydrogen-bond acceptors (Lipinski definition) is 4. The van der Waals surface area contributed by atoms with Gasteiger partial charge in [-0.05, 0) is 31.5 Å². The molecule has 1 aliphatic rings. The second-order valence-corrected chi connectivity index (χ2v) is 4.74. The number of benzene rings is 1. The Labute approximate surface area is 119 Å². The van der Waals surface area contributed by atoms with Crippen molar-refractivity contribution in [1.82, 2.24) is 10.2 Å². The molecule has 0 fully saturated rings. The van der Waals surface area contributed by atoms with Crippen molar-refractivity contribution in [1.29, 1.82) is 0 Å². The van der Waals surface area contributed by atoms with Gasteiger partial charge in [-0.1, -0.05) is 0 Å². The summed E-state index contributed by atoms with van der Waals surface area (Å²) in [4.78, 5) is 46.6. The molecule has 2 rings (SSSR count). The number of amides is 4. The SMILES string of the molecule is CC(CCC(=O)NC=O)N1C(=O)c2ccc(F)cc2C1=O. The van der Waals surface area contributed by atoms with Gasteiger partial charge in [-0.2, -0.15) is 0 Å². The van der Waals surface area contributed by atoms with Gasteiger partial charge in [-0.15, -0.1) is 0 Å². The molecule has 0 saturated heterocycles. The fourth-order valence-corrected chi connectivity index (χ4v) is 2.24. The smallest absolute Gasteiger partial charge is 0.261 e. The highest BCUT2D eigenvalue weighted by Crippen LogP contribution is 2.26. The average molecular weight is 292 g/mol. The molecular weight excluding hydrogens is 279 g/mol. The zero-order valence-electron chi connectivity index (χ0n) is 11.3. The zero-order chi connectivity index (χ0) is 15.6. The molecule has 1 N–H and O–H groups in total. The van der Waals surface area contributed by atoms with E-state index in [0.29, 0.717) is 0 Å². The van der Waals surface area contributed by atoms with Crippen molar-refractivity contribution in [2.45, 2.75) is 25.8 Å². The Balaban J connectivity index is 2.12. The fourth-order valence-electron chi connectivity index (χ4n) is 2.24. The third-order valence-corrected chi connectivity index (χ3v) is 3.33. The lowest BCUT2D eigenvalue weighted by Crippen LogP contribution is -2.38. The first-order valence-electron chi connectivity index (χ1n) is 6.36. The molecule has 6 nitrogen and oxygen atoms in total. The van der Waals surface area contributed by atoms with Crippen LogP contribution in [0, 0.1) is 5.82 Å². The van der Waals surface area contributed by atoms with Gasteiger partial charge in [0.1, 0.15) is 5.82 Å². The first-order valence-corrected chi connectivity index (χ1v) is 6.36. The highest BCUT2D eigenvalue weighted by atomic mass is 19.1. The number of nitrogens with zero attached hydrogens (tertiary/aromatic N) is 1. The Morgan fingerprint density at radius 1 is 1.33 bits per heavy atom. The molecule has 0 aromatic heterocycles. The molecule has 21 heavy (non-hydrogen) atoms. The van der Waals surface area contributed by atoms with E-state index in [1.165, 1.54) is 6.07 Å². The number of nitrogens with one attached hydrogen (secondary N) is 1. The maximum absolute atomic E-state index is 13.2. The van der Waals surface area contributed by atoms with Crippen LogP contribution >= 0.6 is 0 Å². The highest BCUT2D eigenvalue weighted by molar-refractivity contribution is 6.21. The second kappa shape index (κ2) is 5.82. The van der Waals surface area contributed by atoms with Crippen LogP contribution in [0.3, 0.4) is 0 Å². The fraction of sp³-hybridized carbons (Fsp3) is 0.286. The van der Waals surface area contributed by atoms with Crippen molar-refractivity contribution in [2.75, 3.05) is 0 Å². The summed E-state index contributed by atoms with van der Waals surface area (Å²) in [5.41, 5.74) is 0.190. The largest absolute Gasteiger partial charge is 0.299 e. The molecule has 0 aliphatic carbocycles. The van der Waals surface area contributed by atoms with E-state index in [4.69, 9.17) is 0 Å². The van der Waals surface area contributed by atoms with Gasteiger partial charge in [-0.25, -0.2) is 4.39 Å². The summed E-state index contributed by atoms with van der Waals surface area (Å²) in [6.07, 6.45) is 0.493. The van der Waals surface area contributed by atoms with E-state index in [0.717, 1.165) is 17.0 Å². The first-order chi connectivity index (χ1) is 9.95. The van der Waals surface area contributed by atoms with Crippen molar-refractivity contribution in [3.8, 4) is 0 Å². The van der Waals surface area contributed by atoms with Gasteiger partial charge in [0.05, 0.1) is 11.1 Å². The monoisotopic (exact) mass is 292 g/mol. The molecule has 110 valence electrons. The van der Waals surface area contributed by atoms with Gasteiger partial charge >= 0.3 is 0 Å². The second-order valence-electron chi connectivity index (χ2n) is 4.74. The standard InChI is InChI=1S/C14H13FN2O4/c1-8(2-5-12(19)16-7-18)17-13(20)10-4-3-9(15)6-11(10)14(17)21/h3-4,6-8H,2,5H2,1H3,(H,16,18,19). The quantitative estimate of drug-likeness (QED) is 0.644. The predicted octanol–water partition coefficient (Wildman–Crippen LogP) is 0.863. The van der Waals surface area contributed by atoms with Gasteiger partial charge < -0.3 is 0 Å². The lowest BCUT2D eigenvalue weighted by Gasteiger charge is -2.22. The lowest BCUT2D eigenvalue weighted by molar-refractivity contribution is -0.125. The van der Waals surface area contributed by atoms with Crippen LogP contribution in [0.2, 0.25) is 0 Å². The van der Waals surface area contributed by atoms with Crippen molar-refractivity contribution >= 4 is 24.1 Å². The van der Waals surface area contributed by atoms with Gasteiger partial charge in [-0.3, -0.25) is 29.4 Å². The van der Waals surface area contributed by atoms with E-state index in [-0.39, 0.29) is 30.4 Å². The highest BCUT2D eigenvalue weighted by Gasteiger charge is 2.38. The van der Waals surface area contributed by atoms with E-state index >= 15 is 0 Å². The maximum atomic E-state index is 13.2. The van der Waals surface area contributed by atoms with Crippen LogP contribution in [-0.2, 0) is 9.59 Å². The van der Waals surface area contributed by atoms with Gasteiger partial charge in [0, 0.05) is 12.5 Å². The minimum atomic E-state index is -0.588. The normalized spacial score (nSPS) is 14.9. The first kappa shape index (κ1) is 14.8. The number of imide groups is 2. The molecule has 1 heterocycles. The van der Waals surface area contributed by atoms with Crippen LogP contribution in [-0.4, -0.2) is 35.1 Å². The van der Waals surface area contributed by atoms with Crippen LogP contribution in [0.25, 0.3) is 0 Å². The predicted molar refractivity (Wildman–Crippen MR) is 69.8 cm³/mol. The third-order valence-electron chi connectivity index (χ3n) is 3.33. The van der Waals surface area contributed by atoms with E-state index < -0.39 is 29.6 Å². The van der Waals surface area contributed by atoms with Crippen LogP contribution in [0.4, 0.5) is 4.39 Å². The summed E-state index contributed by atoms with van der Waals surface area (Å²) in [5, 5.41) is 1.98. The van der Waals surface area contributed by atoms with Crippen LogP contribution < -0.4 is 5.32 Å². The number of rotatable bonds is 5. The summed E-state index contributed by atoms with van der Waals surface area (Å²) in [7, 11) is 0. The average Bonchev–Trinajstić information content (AvgIpc) is 2.68. The van der Waals surface area contributed by atoms with Crippen LogP contribution in [0.1, 0.15) is 40.5 Å². The van der Waals surface area contributed by atoms with Crippen molar-refractivity contribution in [3.63, 3.8) is 0 Å². The summed E-state index contributed by atoms with van der Waals surface area (Å²) in [6, 6.07) is 2.89. The zero-order valence-corrected chi connectivity index (χ0v) is 11.3. The molecule has 1 aromatic carbocycles. The maximum Gasteiger partial charge on any atom is 0.261 e. The molecule has 1 aliphatic heterocycles. The Morgan fingerprint density at radius 2 is 2.00 bits per heavy atom. The number of carbonyl (C=O) groups excluding carboxylic acids is 4. The van der Waals surface area contributed by atoms with Crippen molar-refractivity contribution < 1.29 is 23.6 Å². The number of fused-ring (bicyclic) bond motifs is 1. The lowest BCUT2D eigenvalue weighted by atomic mass is 10.1. The van der Waals surface area contributed by atoms with Gasteiger partial charge in [0.2, 0.25) is 12.3 Å². The Bertz CT molecular complexity index is 629. The topological polar surface area (TPSA) is 83.6 Å². The molecule has 0 bridgehead atoms. The van der Waals surface area contributed by atoms with Crippen LogP contribution in [0.15, 0.2) is 18.2 Å². The Hall–Kier alpha value is -2.57. The van der Waals surface area contributed by atoms with E-state index in [1.807, 2.05) is 5.32 Å². The third kappa shape index (κ3) is 2.81. The molecule has 4 amide bonds. The summed E-state index contributed by atoms with van der Waals surface area (Å²) >= 11 is 0. The molecule has 1 atom stereocenters. The molecule has 7 heteroatoms. The number of halogens is 1. The van der Waals surface area contributed by atoms with Crippen molar-refractivity contribution in [3.05, 3.63) is 35.1 Å². The molecular formula is C14H13FN2O4. The summed E-state index contributed by atoms with van der Waals surface area (Å²) in [6.45, 7) is 1.62. The van der Waals surface area contributed by atoms with E-state index in [2.05, 4.69) is 0 Å². The Kier molecular flexibility index (Phi) is 4.11. The minimum absolute atomic E-state index is 0.00166. The van der Waals surface area contributed by atoms with E-state index in [1.54, 1.807) is 6.92 Å².